The monoisotopic (exact) mass is 416 g/mol. The zero-order chi connectivity index (χ0) is 18.5. The molecule has 3 rings (SSSR count). The second-order valence-electron chi connectivity index (χ2n) is 6.49. The Labute approximate surface area is 161 Å². The molecule has 0 bridgehead atoms. The summed E-state index contributed by atoms with van der Waals surface area (Å²) in [6.07, 6.45) is 4.44. The maximum Gasteiger partial charge on any atom is 0.244 e. The standard InChI is InChI=1S/C20H21BrN2O3/c1-13-12-17(13)18-8-6-16(26-18)7-9-19(24)22-11-10-20(25)23-15-4-2-14(21)3-5-15/h2-9,13,17H,10-12H2,1H3,(H,22,24)(H,23,25)/b9-7+. The van der Waals surface area contributed by atoms with Crippen molar-refractivity contribution in [3.8, 4) is 0 Å². The van der Waals surface area contributed by atoms with Crippen LogP contribution < -0.4 is 10.6 Å². The van der Waals surface area contributed by atoms with E-state index < -0.39 is 0 Å². The highest BCUT2D eigenvalue weighted by Crippen LogP contribution is 2.47. The van der Waals surface area contributed by atoms with Gasteiger partial charge in [0.05, 0.1) is 0 Å². The minimum absolute atomic E-state index is 0.147. The minimum atomic E-state index is -0.251. The lowest BCUT2D eigenvalue weighted by atomic mass is 10.3. The molecule has 2 unspecified atom stereocenters. The first-order valence-corrected chi connectivity index (χ1v) is 9.41. The molecule has 136 valence electrons. The third-order valence-corrected chi connectivity index (χ3v) is 4.83. The first-order chi connectivity index (χ1) is 12.5. The number of benzene rings is 1. The first kappa shape index (κ1) is 18.5. The summed E-state index contributed by atoms with van der Waals surface area (Å²) in [5.74, 6) is 2.47. The van der Waals surface area contributed by atoms with Crippen molar-refractivity contribution in [1.82, 2.24) is 5.32 Å². The number of anilines is 1. The molecule has 1 heterocycles. The minimum Gasteiger partial charge on any atom is -0.461 e. The van der Waals surface area contributed by atoms with Crippen LogP contribution in [0.1, 0.15) is 37.2 Å². The van der Waals surface area contributed by atoms with Crippen molar-refractivity contribution in [2.24, 2.45) is 5.92 Å². The molecule has 0 radical (unpaired) electrons. The van der Waals surface area contributed by atoms with Gasteiger partial charge in [-0.15, -0.1) is 0 Å². The first-order valence-electron chi connectivity index (χ1n) is 8.62. The van der Waals surface area contributed by atoms with Crippen molar-refractivity contribution in [3.63, 3.8) is 0 Å². The van der Waals surface area contributed by atoms with E-state index in [4.69, 9.17) is 4.42 Å². The van der Waals surface area contributed by atoms with Crippen LogP contribution in [-0.4, -0.2) is 18.4 Å². The molecule has 26 heavy (non-hydrogen) atoms. The lowest BCUT2D eigenvalue weighted by molar-refractivity contribution is -0.117. The van der Waals surface area contributed by atoms with Gasteiger partial charge in [-0.05, 0) is 54.8 Å². The van der Waals surface area contributed by atoms with Crippen molar-refractivity contribution >= 4 is 39.5 Å². The number of hydrogen-bond donors (Lipinski definition) is 2. The normalized spacial score (nSPS) is 18.7. The van der Waals surface area contributed by atoms with Gasteiger partial charge in [0.25, 0.3) is 0 Å². The lowest BCUT2D eigenvalue weighted by Gasteiger charge is -2.05. The Morgan fingerprint density at radius 1 is 1.23 bits per heavy atom. The fraction of sp³-hybridized carbons (Fsp3) is 0.300. The number of carbonyl (C=O) groups excluding carboxylic acids is 2. The molecule has 1 fully saturated rings. The Morgan fingerprint density at radius 3 is 2.65 bits per heavy atom. The highest BCUT2D eigenvalue weighted by Gasteiger charge is 2.36. The van der Waals surface area contributed by atoms with E-state index in [2.05, 4.69) is 33.5 Å². The molecule has 2 amide bonds. The summed E-state index contributed by atoms with van der Waals surface area (Å²) in [5, 5.41) is 5.47. The van der Waals surface area contributed by atoms with Gasteiger partial charge in [0.1, 0.15) is 11.5 Å². The molecule has 0 aliphatic heterocycles. The van der Waals surface area contributed by atoms with Crippen molar-refractivity contribution in [2.45, 2.75) is 25.7 Å². The third kappa shape index (κ3) is 5.33. The van der Waals surface area contributed by atoms with Crippen molar-refractivity contribution in [3.05, 3.63) is 58.5 Å². The van der Waals surface area contributed by atoms with E-state index in [9.17, 15) is 9.59 Å². The highest BCUT2D eigenvalue weighted by molar-refractivity contribution is 9.10. The summed E-state index contributed by atoms with van der Waals surface area (Å²) < 4.78 is 6.66. The number of nitrogens with one attached hydrogen (secondary N) is 2. The van der Waals surface area contributed by atoms with Crippen LogP contribution in [0.3, 0.4) is 0 Å². The quantitative estimate of drug-likeness (QED) is 0.659. The van der Waals surface area contributed by atoms with E-state index in [-0.39, 0.29) is 24.8 Å². The molecule has 2 aromatic rings. The summed E-state index contributed by atoms with van der Waals surface area (Å²) in [6, 6.07) is 11.2. The summed E-state index contributed by atoms with van der Waals surface area (Å²) in [5.41, 5.74) is 0.725. The molecule has 1 aromatic carbocycles. The Kier molecular flexibility index (Phi) is 5.93. The van der Waals surface area contributed by atoms with Crippen LogP contribution in [0.15, 0.2) is 51.4 Å². The predicted octanol–water partition coefficient (Wildman–Crippen LogP) is 4.32. The molecule has 1 aliphatic rings. The average molecular weight is 417 g/mol. The van der Waals surface area contributed by atoms with Crippen LogP contribution in [-0.2, 0) is 9.59 Å². The molecule has 6 heteroatoms. The van der Waals surface area contributed by atoms with Gasteiger partial charge in [0.2, 0.25) is 11.8 Å². The zero-order valence-corrected chi connectivity index (χ0v) is 16.1. The Bertz CT molecular complexity index is 811. The third-order valence-electron chi connectivity index (χ3n) is 4.30. The lowest BCUT2D eigenvalue weighted by Crippen LogP contribution is -2.26. The van der Waals surface area contributed by atoms with Gasteiger partial charge < -0.3 is 15.1 Å². The Morgan fingerprint density at radius 2 is 1.96 bits per heavy atom. The maximum absolute atomic E-state index is 11.9. The Balaban J connectivity index is 1.37. The van der Waals surface area contributed by atoms with Gasteiger partial charge in [0.15, 0.2) is 0 Å². The van der Waals surface area contributed by atoms with Crippen LogP contribution in [0.25, 0.3) is 6.08 Å². The van der Waals surface area contributed by atoms with Gasteiger partial charge in [-0.25, -0.2) is 0 Å². The van der Waals surface area contributed by atoms with E-state index >= 15 is 0 Å². The largest absolute Gasteiger partial charge is 0.461 e. The maximum atomic E-state index is 11.9. The van der Waals surface area contributed by atoms with E-state index in [1.54, 1.807) is 6.08 Å². The van der Waals surface area contributed by atoms with Gasteiger partial charge in [0, 0.05) is 35.1 Å². The molecule has 0 spiro atoms. The van der Waals surface area contributed by atoms with Gasteiger partial charge in [-0.3, -0.25) is 9.59 Å². The molecule has 2 atom stereocenters. The summed E-state index contributed by atoms with van der Waals surface area (Å²) in [7, 11) is 0. The highest BCUT2D eigenvalue weighted by atomic mass is 79.9. The van der Waals surface area contributed by atoms with Crippen molar-refractivity contribution < 1.29 is 14.0 Å². The van der Waals surface area contributed by atoms with E-state index in [0.717, 1.165) is 15.9 Å². The van der Waals surface area contributed by atoms with Gasteiger partial charge in [-0.2, -0.15) is 0 Å². The number of furan rings is 1. The Hall–Kier alpha value is -2.34. The molecular weight excluding hydrogens is 396 g/mol. The zero-order valence-electron chi connectivity index (χ0n) is 14.5. The number of rotatable bonds is 7. The smallest absolute Gasteiger partial charge is 0.244 e. The van der Waals surface area contributed by atoms with Crippen LogP contribution in [0.4, 0.5) is 5.69 Å². The summed E-state index contributed by atoms with van der Waals surface area (Å²) in [4.78, 5) is 23.7. The van der Waals surface area contributed by atoms with Crippen LogP contribution in [0.2, 0.25) is 0 Å². The fourth-order valence-electron chi connectivity index (χ4n) is 2.65. The fourth-order valence-corrected chi connectivity index (χ4v) is 2.91. The molecule has 1 aromatic heterocycles. The van der Waals surface area contributed by atoms with Crippen LogP contribution in [0, 0.1) is 5.92 Å². The molecule has 1 aliphatic carbocycles. The van der Waals surface area contributed by atoms with Crippen molar-refractivity contribution in [1.29, 1.82) is 0 Å². The number of carbonyl (C=O) groups is 2. The van der Waals surface area contributed by atoms with E-state index in [0.29, 0.717) is 17.6 Å². The van der Waals surface area contributed by atoms with E-state index in [1.807, 2.05) is 36.4 Å². The molecule has 5 nitrogen and oxygen atoms in total. The number of amides is 2. The second kappa shape index (κ2) is 8.36. The van der Waals surface area contributed by atoms with Crippen LogP contribution >= 0.6 is 15.9 Å². The molecule has 1 saturated carbocycles. The van der Waals surface area contributed by atoms with E-state index in [1.165, 1.54) is 12.5 Å². The predicted molar refractivity (Wildman–Crippen MR) is 105 cm³/mol. The molecular formula is C20H21BrN2O3. The van der Waals surface area contributed by atoms with Crippen LogP contribution in [0.5, 0.6) is 0 Å². The van der Waals surface area contributed by atoms with Gasteiger partial charge in [-0.1, -0.05) is 22.9 Å². The molecule has 0 saturated heterocycles. The van der Waals surface area contributed by atoms with Gasteiger partial charge >= 0.3 is 0 Å². The molecule has 2 N–H and O–H groups in total. The summed E-state index contributed by atoms with van der Waals surface area (Å²) >= 11 is 3.34. The SMILES string of the molecule is CC1CC1c1ccc(/C=C/C(=O)NCCC(=O)Nc2ccc(Br)cc2)o1. The van der Waals surface area contributed by atoms with Crippen molar-refractivity contribution in [2.75, 3.05) is 11.9 Å². The average Bonchev–Trinajstić information content (AvgIpc) is 3.16. The number of halogens is 1. The topological polar surface area (TPSA) is 71.3 Å². The second-order valence-corrected chi connectivity index (χ2v) is 7.40. The number of hydrogen-bond acceptors (Lipinski definition) is 3. The summed E-state index contributed by atoms with van der Waals surface area (Å²) in [6.45, 7) is 2.47.